The van der Waals surface area contributed by atoms with Gasteiger partial charge in [-0.3, -0.25) is 4.98 Å². The fraction of sp³-hybridized carbons (Fsp3) is 0.241. The number of hydrogen-bond donors (Lipinski definition) is 1. The summed E-state index contributed by atoms with van der Waals surface area (Å²) < 4.78 is 9.23. The number of thiocarbonyl (C=S) groups is 1. The second-order valence-corrected chi connectivity index (χ2v) is 10.5. The fourth-order valence-corrected chi connectivity index (χ4v) is 5.81. The Morgan fingerprint density at radius 1 is 1.00 bits per heavy atom. The number of pyridine rings is 1. The Morgan fingerprint density at radius 2 is 1.72 bits per heavy atom. The minimum atomic E-state index is -0.0987. The maximum absolute atomic E-state index is 5.92. The Hall–Kier alpha value is -3.16. The van der Waals surface area contributed by atoms with E-state index in [2.05, 4.69) is 87.0 Å². The standard InChI is InChI=1S/C29H29BrN4OS/c1-18(2)35-22-14-12-21(13-15-22)34-28(27(32-29(34)36)25-10-7-8-16-31-25)23-17-19(3)33(20(23)4)26-11-6-5-9-24(26)30/h5-18,27-28H,1-4H3,(H,32,36)/t27-,28+/m0/s1. The topological polar surface area (TPSA) is 42.3 Å². The van der Waals surface area contributed by atoms with Gasteiger partial charge in [-0.2, -0.15) is 0 Å². The smallest absolute Gasteiger partial charge is 0.174 e. The molecule has 0 radical (unpaired) electrons. The van der Waals surface area contributed by atoms with Crippen molar-refractivity contribution in [2.24, 2.45) is 0 Å². The normalized spacial score (nSPS) is 17.5. The quantitative estimate of drug-likeness (QED) is 0.252. The van der Waals surface area contributed by atoms with E-state index in [1.54, 1.807) is 0 Å². The summed E-state index contributed by atoms with van der Waals surface area (Å²) in [4.78, 5) is 6.90. The number of aryl methyl sites for hydroxylation is 1. The molecular weight excluding hydrogens is 532 g/mol. The average molecular weight is 562 g/mol. The number of halogens is 1. The van der Waals surface area contributed by atoms with Gasteiger partial charge in [0.2, 0.25) is 0 Å². The van der Waals surface area contributed by atoms with Crippen molar-refractivity contribution in [3.63, 3.8) is 0 Å². The molecule has 3 heterocycles. The monoisotopic (exact) mass is 560 g/mol. The molecule has 2 aromatic heterocycles. The third kappa shape index (κ3) is 4.53. The number of rotatable bonds is 6. The van der Waals surface area contributed by atoms with Crippen LogP contribution in [0, 0.1) is 13.8 Å². The van der Waals surface area contributed by atoms with E-state index in [0.29, 0.717) is 5.11 Å². The van der Waals surface area contributed by atoms with E-state index in [1.807, 2.05) is 50.4 Å². The van der Waals surface area contributed by atoms with Crippen LogP contribution in [0.4, 0.5) is 5.69 Å². The highest BCUT2D eigenvalue weighted by molar-refractivity contribution is 9.10. The SMILES string of the molecule is Cc1cc([C@@H]2[C@H](c3ccccn3)NC(=S)N2c2ccc(OC(C)C)cc2)c(C)n1-c1ccccc1Br. The van der Waals surface area contributed by atoms with Gasteiger partial charge >= 0.3 is 0 Å². The second kappa shape index (κ2) is 10.1. The summed E-state index contributed by atoms with van der Waals surface area (Å²) in [6.45, 7) is 8.38. The lowest BCUT2D eigenvalue weighted by Crippen LogP contribution is -2.29. The van der Waals surface area contributed by atoms with Crippen LogP contribution < -0.4 is 15.0 Å². The third-order valence-corrected chi connectivity index (χ3v) is 7.45. The number of nitrogens with zero attached hydrogens (tertiary/aromatic N) is 3. The van der Waals surface area contributed by atoms with Crippen molar-refractivity contribution in [3.05, 3.63) is 106 Å². The lowest BCUT2D eigenvalue weighted by Gasteiger charge is -2.28. The zero-order valence-corrected chi connectivity index (χ0v) is 23.2. The summed E-state index contributed by atoms with van der Waals surface area (Å²) in [5.74, 6) is 0.844. The van der Waals surface area contributed by atoms with Crippen molar-refractivity contribution in [2.75, 3.05) is 4.90 Å². The number of ether oxygens (including phenoxy) is 1. The molecule has 36 heavy (non-hydrogen) atoms. The van der Waals surface area contributed by atoms with Gasteiger partial charge in [0.05, 0.1) is 29.6 Å². The lowest BCUT2D eigenvalue weighted by molar-refractivity contribution is 0.242. The summed E-state index contributed by atoms with van der Waals surface area (Å²) in [7, 11) is 0. The second-order valence-electron chi connectivity index (χ2n) is 9.27. The maximum Gasteiger partial charge on any atom is 0.174 e. The van der Waals surface area contributed by atoms with Crippen LogP contribution in [0.3, 0.4) is 0 Å². The fourth-order valence-electron chi connectivity index (χ4n) is 5.00. The summed E-state index contributed by atoms with van der Waals surface area (Å²) in [5, 5.41) is 4.25. The Bertz CT molecular complexity index is 1380. The van der Waals surface area contributed by atoms with E-state index in [-0.39, 0.29) is 18.2 Å². The van der Waals surface area contributed by atoms with Gasteiger partial charge in [-0.05, 0) is 116 Å². The molecule has 1 saturated heterocycles. The van der Waals surface area contributed by atoms with Crippen molar-refractivity contribution in [3.8, 4) is 11.4 Å². The maximum atomic E-state index is 5.92. The van der Waals surface area contributed by atoms with Gasteiger partial charge < -0.3 is 19.5 Å². The van der Waals surface area contributed by atoms with Gasteiger partial charge in [-0.15, -0.1) is 0 Å². The van der Waals surface area contributed by atoms with Crippen LogP contribution in [0.25, 0.3) is 5.69 Å². The molecule has 4 aromatic rings. The molecule has 2 aromatic carbocycles. The molecule has 0 aliphatic carbocycles. The molecule has 5 rings (SSSR count). The molecule has 2 atom stereocenters. The third-order valence-electron chi connectivity index (χ3n) is 6.47. The highest BCUT2D eigenvalue weighted by Crippen LogP contribution is 2.44. The molecular formula is C29H29BrN4OS. The molecule has 0 spiro atoms. The summed E-state index contributed by atoms with van der Waals surface area (Å²) >= 11 is 9.66. The van der Waals surface area contributed by atoms with Crippen LogP contribution >= 0.6 is 28.1 Å². The number of hydrogen-bond acceptors (Lipinski definition) is 3. The van der Waals surface area contributed by atoms with Gasteiger partial charge in [0.15, 0.2) is 5.11 Å². The van der Waals surface area contributed by atoms with Gasteiger partial charge in [-0.25, -0.2) is 0 Å². The van der Waals surface area contributed by atoms with Crippen molar-refractivity contribution in [1.82, 2.24) is 14.9 Å². The molecule has 0 bridgehead atoms. The minimum Gasteiger partial charge on any atom is -0.491 e. The predicted octanol–water partition coefficient (Wildman–Crippen LogP) is 7.22. The number of benzene rings is 2. The molecule has 1 fully saturated rings. The minimum absolute atomic E-state index is 0.0771. The summed E-state index contributed by atoms with van der Waals surface area (Å²) in [5.41, 5.74) is 6.61. The molecule has 7 heteroatoms. The lowest BCUT2D eigenvalue weighted by atomic mass is 9.96. The highest BCUT2D eigenvalue weighted by Gasteiger charge is 2.42. The van der Waals surface area contributed by atoms with Crippen LogP contribution in [0.5, 0.6) is 5.75 Å². The molecule has 184 valence electrons. The van der Waals surface area contributed by atoms with Crippen molar-refractivity contribution in [2.45, 2.75) is 45.9 Å². The summed E-state index contributed by atoms with van der Waals surface area (Å²) in [6.07, 6.45) is 1.96. The molecule has 0 saturated carbocycles. The van der Waals surface area contributed by atoms with Gasteiger partial charge in [-0.1, -0.05) is 18.2 Å². The molecule has 5 nitrogen and oxygen atoms in total. The van der Waals surface area contributed by atoms with E-state index in [1.165, 1.54) is 11.3 Å². The van der Waals surface area contributed by atoms with Crippen LogP contribution in [0.15, 0.2) is 83.5 Å². The van der Waals surface area contributed by atoms with Crippen LogP contribution in [0.2, 0.25) is 0 Å². The van der Waals surface area contributed by atoms with Crippen LogP contribution in [-0.2, 0) is 0 Å². The predicted molar refractivity (Wildman–Crippen MR) is 153 cm³/mol. The largest absolute Gasteiger partial charge is 0.491 e. The Balaban J connectivity index is 1.64. The van der Waals surface area contributed by atoms with Crippen LogP contribution in [0.1, 0.15) is 48.6 Å². The van der Waals surface area contributed by atoms with Crippen molar-refractivity contribution < 1.29 is 4.74 Å². The molecule has 1 aliphatic heterocycles. The van der Waals surface area contributed by atoms with Gasteiger partial charge in [0, 0.05) is 27.7 Å². The Morgan fingerprint density at radius 3 is 2.39 bits per heavy atom. The van der Waals surface area contributed by atoms with E-state index in [9.17, 15) is 0 Å². The molecule has 0 unspecified atom stereocenters. The average Bonchev–Trinajstić information content (AvgIpc) is 3.35. The van der Waals surface area contributed by atoms with E-state index >= 15 is 0 Å². The van der Waals surface area contributed by atoms with Crippen molar-refractivity contribution in [1.29, 1.82) is 0 Å². The first-order chi connectivity index (χ1) is 17.3. The van der Waals surface area contributed by atoms with Crippen LogP contribution in [-0.4, -0.2) is 20.8 Å². The Kier molecular flexibility index (Phi) is 6.86. The van der Waals surface area contributed by atoms with E-state index < -0.39 is 0 Å². The first-order valence-electron chi connectivity index (χ1n) is 12.1. The molecule has 1 N–H and O–H groups in total. The first-order valence-corrected chi connectivity index (χ1v) is 13.3. The number of anilines is 1. The van der Waals surface area contributed by atoms with Gasteiger partial charge in [0.25, 0.3) is 0 Å². The number of aromatic nitrogens is 2. The van der Waals surface area contributed by atoms with Crippen molar-refractivity contribution >= 4 is 38.9 Å². The highest BCUT2D eigenvalue weighted by atomic mass is 79.9. The zero-order valence-electron chi connectivity index (χ0n) is 20.8. The van der Waals surface area contributed by atoms with E-state index in [4.69, 9.17) is 21.9 Å². The van der Waals surface area contributed by atoms with E-state index in [0.717, 1.165) is 33.0 Å². The number of nitrogens with one attached hydrogen (secondary N) is 1. The molecule has 1 aliphatic rings. The Labute approximate surface area is 226 Å². The van der Waals surface area contributed by atoms with Gasteiger partial charge in [0.1, 0.15) is 5.75 Å². The molecule has 0 amide bonds. The summed E-state index contributed by atoms with van der Waals surface area (Å²) in [6, 6.07) is 24.6. The zero-order chi connectivity index (χ0) is 25.4. The first kappa shape index (κ1) is 24.5. The number of para-hydroxylation sites is 1.